The smallest absolute Gasteiger partial charge is 0.249 e. The molecular formula is C22H21ClN4O4. The molecule has 2 N–H and O–H groups in total. The van der Waals surface area contributed by atoms with E-state index in [9.17, 15) is 9.59 Å². The summed E-state index contributed by atoms with van der Waals surface area (Å²) in [5.74, 6) is 0.928. The van der Waals surface area contributed by atoms with Gasteiger partial charge in [-0.1, -0.05) is 23.7 Å². The molecule has 0 saturated heterocycles. The first kappa shape index (κ1) is 20.7. The topological polar surface area (TPSA) is 94.5 Å². The monoisotopic (exact) mass is 440 g/mol. The zero-order chi connectivity index (χ0) is 22.1. The van der Waals surface area contributed by atoms with E-state index >= 15 is 0 Å². The Hall–Kier alpha value is -3.52. The molecule has 9 heteroatoms. The number of aromatic nitrogens is 2. The Morgan fingerprint density at radius 2 is 1.97 bits per heavy atom. The summed E-state index contributed by atoms with van der Waals surface area (Å²) in [4.78, 5) is 25.4. The number of carbonyl (C=O) groups is 2. The number of anilines is 2. The lowest BCUT2D eigenvalue weighted by Gasteiger charge is -2.24. The lowest BCUT2D eigenvalue weighted by atomic mass is 10.1. The maximum absolute atomic E-state index is 13.1. The Bertz CT molecular complexity index is 1170. The van der Waals surface area contributed by atoms with Crippen LogP contribution in [0.1, 0.15) is 18.0 Å². The second kappa shape index (κ2) is 8.31. The molecule has 8 nitrogen and oxygen atoms in total. The van der Waals surface area contributed by atoms with Gasteiger partial charge >= 0.3 is 0 Å². The van der Waals surface area contributed by atoms with E-state index in [-0.39, 0.29) is 18.2 Å². The first-order valence-corrected chi connectivity index (χ1v) is 9.97. The second-order valence-corrected chi connectivity index (χ2v) is 7.54. The van der Waals surface area contributed by atoms with Gasteiger partial charge in [-0.15, -0.1) is 0 Å². The predicted molar refractivity (Wildman–Crippen MR) is 118 cm³/mol. The number of fused-ring (bicyclic) bond motifs is 1. The molecule has 2 heterocycles. The Morgan fingerprint density at radius 1 is 1.19 bits per heavy atom. The van der Waals surface area contributed by atoms with E-state index in [1.165, 1.54) is 14.2 Å². The third-order valence-electron chi connectivity index (χ3n) is 5.13. The molecular weight excluding hydrogens is 420 g/mol. The van der Waals surface area contributed by atoms with Crippen molar-refractivity contribution < 1.29 is 19.1 Å². The van der Waals surface area contributed by atoms with Crippen molar-refractivity contribution in [3.63, 3.8) is 0 Å². The van der Waals surface area contributed by atoms with Crippen molar-refractivity contribution in [2.45, 2.75) is 19.4 Å². The summed E-state index contributed by atoms with van der Waals surface area (Å²) < 4.78 is 12.1. The highest BCUT2D eigenvalue weighted by Gasteiger charge is 2.34. The Morgan fingerprint density at radius 3 is 2.68 bits per heavy atom. The van der Waals surface area contributed by atoms with Gasteiger partial charge in [-0.05, 0) is 31.2 Å². The fraction of sp³-hybridized carbons (Fsp3) is 0.227. The molecule has 31 heavy (non-hydrogen) atoms. The zero-order valence-electron chi connectivity index (χ0n) is 17.2. The van der Waals surface area contributed by atoms with Crippen LogP contribution in [-0.4, -0.2) is 35.8 Å². The van der Waals surface area contributed by atoms with E-state index in [1.54, 1.807) is 35.0 Å². The standard InChI is InChI=1S/C22H21ClN4O4/c1-12-20(13-5-4-6-14(23)9-13)26-27-16(11-19(28)25-21(12)27)22(29)24-15-7-8-17(30-2)18(10-15)31-3/h4-10,16H,11H2,1-3H3,(H,24,29)(H,25,28). The van der Waals surface area contributed by atoms with Gasteiger partial charge in [0.25, 0.3) is 0 Å². The maximum Gasteiger partial charge on any atom is 0.249 e. The summed E-state index contributed by atoms with van der Waals surface area (Å²) in [6.07, 6.45) is -0.0256. The fourth-order valence-corrected chi connectivity index (χ4v) is 3.78. The third kappa shape index (κ3) is 3.94. The van der Waals surface area contributed by atoms with Crippen LogP contribution in [0.3, 0.4) is 0 Å². The average Bonchev–Trinajstić information content (AvgIpc) is 3.09. The first-order valence-electron chi connectivity index (χ1n) is 9.59. The molecule has 0 spiro atoms. The van der Waals surface area contributed by atoms with Crippen molar-refractivity contribution in [3.8, 4) is 22.8 Å². The molecule has 2 amide bonds. The van der Waals surface area contributed by atoms with Crippen LogP contribution >= 0.6 is 11.6 Å². The molecule has 1 aliphatic rings. The largest absolute Gasteiger partial charge is 0.493 e. The summed E-state index contributed by atoms with van der Waals surface area (Å²) in [5, 5.41) is 10.9. The average molecular weight is 441 g/mol. The van der Waals surface area contributed by atoms with Crippen LogP contribution in [0.5, 0.6) is 11.5 Å². The van der Waals surface area contributed by atoms with Crippen molar-refractivity contribution in [1.29, 1.82) is 0 Å². The van der Waals surface area contributed by atoms with Gasteiger partial charge in [0.2, 0.25) is 11.8 Å². The summed E-state index contributed by atoms with van der Waals surface area (Å²) >= 11 is 6.13. The van der Waals surface area contributed by atoms with Crippen molar-refractivity contribution in [2.24, 2.45) is 0 Å². The number of amides is 2. The SMILES string of the molecule is COc1ccc(NC(=O)C2CC(=O)Nc3c(C)c(-c4cccc(Cl)c4)nn32)cc1OC. The Labute approximate surface area is 184 Å². The molecule has 0 aliphatic carbocycles. The predicted octanol–water partition coefficient (Wildman–Crippen LogP) is 4.05. The molecule has 1 atom stereocenters. The molecule has 0 radical (unpaired) electrons. The highest BCUT2D eigenvalue weighted by Crippen LogP contribution is 2.36. The molecule has 0 saturated carbocycles. The molecule has 160 valence electrons. The van der Waals surface area contributed by atoms with Crippen LogP contribution in [-0.2, 0) is 9.59 Å². The van der Waals surface area contributed by atoms with E-state index in [0.717, 1.165) is 11.1 Å². The molecule has 0 bridgehead atoms. The number of nitrogens with zero attached hydrogens (tertiary/aromatic N) is 2. The number of halogens is 1. The Balaban J connectivity index is 1.67. The summed E-state index contributed by atoms with van der Waals surface area (Å²) in [5.41, 5.74) is 2.75. The molecule has 2 aromatic carbocycles. The van der Waals surface area contributed by atoms with Gasteiger partial charge in [0.05, 0.1) is 26.3 Å². The van der Waals surface area contributed by atoms with Gasteiger partial charge in [0, 0.05) is 27.9 Å². The molecule has 1 unspecified atom stereocenters. The molecule has 1 aliphatic heterocycles. The van der Waals surface area contributed by atoms with E-state index in [0.29, 0.717) is 33.7 Å². The number of methoxy groups -OCH3 is 2. The van der Waals surface area contributed by atoms with Crippen molar-refractivity contribution in [2.75, 3.05) is 24.9 Å². The van der Waals surface area contributed by atoms with E-state index in [4.69, 9.17) is 21.1 Å². The lowest BCUT2D eigenvalue weighted by Crippen LogP contribution is -2.35. The van der Waals surface area contributed by atoms with Crippen LogP contribution in [0.4, 0.5) is 11.5 Å². The Kier molecular flexibility index (Phi) is 5.56. The zero-order valence-corrected chi connectivity index (χ0v) is 18.0. The number of carbonyl (C=O) groups excluding carboxylic acids is 2. The number of benzene rings is 2. The molecule has 1 aromatic heterocycles. The van der Waals surface area contributed by atoms with E-state index < -0.39 is 6.04 Å². The van der Waals surface area contributed by atoms with Gasteiger partial charge in [-0.25, -0.2) is 4.68 Å². The highest BCUT2D eigenvalue weighted by molar-refractivity contribution is 6.30. The minimum absolute atomic E-state index is 0.0256. The van der Waals surface area contributed by atoms with Crippen LogP contribution in [0.25, 0.3) is 11.3 Å². The minimum atomic E-state index is -0.802. The summed E-state index contributed by atoms with van der Waals surface area (Å²) in [7, 11) is 3.06. The number of hydrogen-bond acceptors (Lipinski definition) is 5. The number of ether oxygens (including phenoxy) is 2. The second-order valence-electron chi connectivity index (χ2n) is 7.10. The van der Waals surface area contributed by atoms with Crippen LogP contribution in [0.2, 0.25) is 5.02 Å². The normalized spacial score (nSPS) is 15.1. The van der Waals surface area contributed by atoms with Crippen molar-refractivity contribution >= 4 is 34.9 Å². The fourth-order valence-electron chi connectivity index (χ4n) is 3.59. The van der Waals surface area contributed by atoms with Gasteiger partial charge < -0.3 is 20.1 Å². The quantitative estimate of drug-likeness (QED) is 0.624. The maximum atomic E-state index is 13.1. The molecule has 4 rings (SSSR count). The van der Waals surface area contributed by atoms with Gasteiger partial charge in [0.15, 0.2) is 11.5 Å². The van der Waals surface area contributed by atoms with Crippen LogP contribution < -0.4 is 20.1 Å². The van der Waals surface area contributed by atoms with E-state index in [1.807, 2.05) is 19.1 Å². The van der Waals surface area contributed by atoms with Gasteiger partial charge in [0.1, 0.15) is 11.9 Å². The summed E-state index contributed by atoms with van der Waals surface area (Å²) in [6, 6.07) is 11.5. The van der Waals surface area contributed by atoms with Crippen LogP contribution in [0, 0.1) is 6.92 Å². The minimum Gasteiger partial charge on any atom is -0.493 e. The molecule has 3 aromatic rings. The lowest BCUT2D eigenvalue weighted by molar-refractivity contribution is -0.125. The number of rotatable bonds is 5. The number of nitrogens with one attached hydrogen (secondary N) is 2. The number of hydrogen-bond donors (Lipinski definition) is 2. The first-order chi connectivity index (χ1) is 14.9. The van der Waals surface area contributed by atoms with Crippen molar-refractivity contribution in [3.05, 3.63) is 53.1 Å². The highest BCUT2D eigenvalue weighted by atomic mass is 35.5. The van der Waals surface area contributed by atoms with Gasteiger partial charge in [-0.3, -0.25) is 9.59 Å². The summed E-state index contributed by atoms with van der Waals surface area (Å²) in [6.45, 7) is 1.85. The van der Waals surface area contributed by atoms with Crippen molar-refractivity contribution in [1.82, 2.24) is 9.78 Å². The van der Waals surface area contributed by atoms with E-state index in [2.05, 4.69) is 15.7 Å². The van der Waals surface area contributed by atoms with Gasteiger partial charge in [-0.2, -0.15) is 5.10 Å². The van der Waals surface area contributed by atoms with Crippen LogP contribution in [0.15, 0.2) is 42.5 Å². The molecule has 0 fully saturated rings. The third-order valence-corrected chi connectivity index (χ3v) is 5.37.